The summed E-state index contributed by atoms with van der Waals surface area (Å²) in [6, 6.07) is 1.55. The van der Waals surface area contributed by atoms with Gasteiger partial charge >= 0.3 is 0 Å². The van der Waals surface area contributed by atoms with Crippen molar-refractivity contribution in [2.45, 2.75) is 45.1 Å². The van der Waals surface area contributed by atoms with E-state index < -0.39 is 23.8 Å². The Hall–Kier alpha value is -2.82. The Balaban J connectivity index is 2.36. The summed E-state index contributed by atoms with van der Waals surface area (Å²) in [6.45, 7) is 4.23. The SMILES string of the molecule is CCC(O)CNc1cc(/C(C=N)=C2\N=CC(Cl)=CN2)ncc1C(=O)NCC(F)C(C)(C)O. The number of aliphatic hydroxyl groups is 2. The number of aromatic nitrogens is 1. The zero-order valence-electron chi connectivity index (χ0n) is 18.1. The smallest absolute Gasteiger partial charge is 0.255 e. The number of carbonyl (C=O) groups is 1. The highest BCUT2D eigenvalue weighted by Crippen LogP contribution is 2.23. The maximum atomic E-state index is 14.0. The molecule has 1 amide bonds. The molecule has 0 bridgehead atoms. The van der Waals surface area contributed by atoms with Crippen LogP contribution in [-0.2, 0) is 0 Å². The summed E-state index contributed by atoms with van der Waals surface area (Å²) in [4.78, 5) is 21.1. The average Bonchev–Trinajstić information content (AvgIpc) is 2.76. The molecule has 0 spiro atoms. The zero-order chi connectivity index (χ0) is 23.9. The molecule has 32 heavy (non-hydrogen) atoms. The number of carbonyl (C=O) groups excluding carboxylic acids is 1. The number of nitrogens with zero attached hydrogens (tertiary/aromatic N) is 2. The molecule has 0 saturated carbocycles. The van der Waals surface area contributed by atoms with Crippen molar-refractivity contribution in [1.29, 1.82) is 5.41 Å². The third kappa shape index (κ3) is 6.84. The number of hydrogen-bond donors (Lipinski definition) is 6. The number of halogens is 2. The van der Waals surface area contributed by atoms with E-state index in [4.69, 9.17) is 17.0 Å². The minimum absolute atomic E-state index is 0.123. The van der Waals surface area contributed by atoms with Crippen LogP contribution in [0.1, 0.15) is 43.2 Å². The summed E-state index contributed by atoms with van der Waals surface area (Å²) in [7, 11) is 0. The van der Waals surface area contributed by atoms with Gasteiger partial charge in [0, 0.05) is 31.4 Å². The molecule has 6 N–H and O–H groups in total. The van der Waals surface area contributed by atoms with Crippen molar-refractivity contribution in [2.24, 2.45) is 4.99 Å². The number of aliphatic hydroxyl groups excluding tert-OH is 1. The first-order valence-electron chi connectivity index (χ1n) is 10.0. The van der Waals surface area contributed by atoms with Gasteiger partial charge in [0.25, 0.3) is 5.91 Å². The third-order valence-electron chi connectivity index (χ3n) is 4.70. The Morgan fingerprint density at radius 2 is 2.16 bits per heavy atom. The zero-order valence-corrected chi connectivity index (χ0v) is 18.9. The number of nitrogens with one attached hydrogen (secondary N) is 4. The van der Waals surface area contributed by atoms with Gasteiger partial charge in [-0.05, 0) is 26.3 Å². The van der Waals surface area contributed by atoms with E-state index in [-0.39, 0.29) is 18.7 Å². The minimum Gasteiger partial charge on any atom is -0.391 e. The Morgan fingerprint density at radius 1 is 1.44 bits per heavy atom. The van der Waals surface area contributed by atoms with Crippen LogP contribution in [0.4, 0.5) is 10.1 Å². The Labute approximate surface area is 191 Å². The average molecular weight is 467 g/mol. The molecule has 1 aromatic rings. The predicted octanol–water partition coefficient (Wildman–Crippen LogP) is 2.18. The molecule has 0 saturated heterocycles. The molecule has 174 valence electrons. The number of hydrogen-bond acceptors (Lipinski definition) is 8. The minimum atomic E-state index is -1.67. The second kappa shape index (κ2) is 11.2. The normalized spacial score (nSPS) is 17.0. The molecule has 0 radical (unpaired) electrons. The first-order chi connectivity index (χ1) is 15.1. The van der Waals surface area contributed by atoms with Gasteiger partial charge in [0.2, 0.25) is 0 Å². The van der Waals surface area contributed by atoms with Crippen LogP contribution in [0.25, 0.3) is 5.57 Å². The van der Waals surface area contributed by atoms with Gasteiger partial charge < -0.3 is 31.6 Å². The molecule has 2 heterocycles. The molecule has 0 aliphatic carbocycles. The van der Waals surface area contributed by atoms with Crippen LogP contribution in [0.3, 0.4) is 0 Å². The van der Waals surface area contributed by atoms with Gasteiger partial charge in [0.1, 0.15) is 12.0 Å². The fraction of sp³-hybridized carbons (Fsp3) is 0.429. The van der Waals surface area contributed by atoms with Gasteiger partial charge in [-0.25, -0.2) is 9.38 Å². The summed E-state index contributed by atoms with van der Waals surface area (Å²) in [5.41, 5.74) is -0.448. The number of alkyl halides is 1. The number of anilines is 1. The summed E-state index contributed by atoms with van der Waals surface area (Å²) in [5.74, 6) is -0.254. The summed E-state index contributed by atoms with van der Waals surface area (Å²) in [6.07, 6.45) is 3.49. The summed E-state index contributed by atoms with van der Waals surface area (Å²) in [5, 5.41) is 36.1. The number of amides is 1. The molecule has 0 aromatic carbocycles. The molecule has 2 atom stereocenters. The van der Waals surface area contributed by atoms with E-state index in [1.165, 1.54) is 32.5 Å². The second-order valence-corrected chi connectivity index (χ2v) is 8.16. The van der Waals surface area contributed by atoms with Crippen LogP contribution < -0.4 is 16.0 Å². The summed E-state index contributed by atoms with van der Waals surface area (Å²) < 4.78 is 14.0. The van der Waals surface area contributed by atoms with Crippen molar-refractivity contribution in [3.05, 3.63) is 40.6 Å². The standard InChI is InChI=1S/C21H28ClFN6O3/c1-4-13(30)9-25-17-5-16(14(6-24)19-27-7-12(22)8-28-19)26-10-15(17)20(31)29-11-18(23)21(2,3)32/h5-8,10,13,18,24,27,30,32H,4,9,11H2,1-3H3,(H,25,26)(H,29,31)/b19-14-,24-6?. The van der Waals surface area contributed by atoms with Crippen molar-refractivity contribution in [3.63, 3.8) is 0 Å². The van der Waals surface area contributed by atoms with Crippen molar-refractivity contribution >= 4 is 41.2 Å². The van der Waals surface area contributed by atoms with Gasteiger partial charge in [0.15, 0.2) is 0 Å². The van der Waals surface area contributed by atoms with Crippen LogP contribution in [0.2, 0.25) is 0 Å². The highest BCUT2D eigenvalue weighted by molar-refractivity contribution is 6.39. The van der Waals surface area contributed by atoms with Gasteiger partial charge in [0.05, 0.1) is 45.8 Å². The van der Waals surface area contributed by atoms with Crippen molar-refractivity contribution in [1.82, 2.24) is 15.6 Å². The first kappa shape index (κ1) is 25.4. The molecular weight excluding hydrogens is 439 g/mol. The van der Waals surface area contributed by atoms with Crippen LogP contribution in [0, 0.1) is 5.41 Å². The highest BCUT2D eigenvalue weighted by atomic mass is 35.5. The van der Waals surface area contributed by atoms with Crippen molar-refractivity contribution < 1.29 is 19.4 Å². The van der Waals surface area contributed by atoms with E-state index in [9.17, 15) is 19.4 Å². The predicted molar refractivity (Wildman–Crippen MR) is 124 cm³/mol. The van der Waals surface area contributed by atoms with E-state index in [1.54, 1.807) is 6.07 Å². The first-order valence-corrected chi connectivity index (χ1v) is 10.4. The van der Waals surface area contributed by atoms with Gasteiger partial charge in [-0.15, -0.1) is 0 Å². The molecular formula is C21H28ClFN6O3. The molecule has 9 nitrogen and oxygen atoms in total. The Bertz CT molecular complexity index is 942. The fourth-order valence-electron chi connectivity index (χ4n) is 2.58. The molecule has 2 rings (SSSR count). The molecule has 1 aliphatic rings. The van der Waals surface area contributed by atoms with Crippen molar-refractivity contribution in [3.8, 4) is 0 Å². The molecule has 11 heteroatoms. The maximum Gasteiger partial charge on any atom is 0.255 e. The fourth-order valence-corrected chi connectivity index (χ4v) is 2.68. The topological polar surface area (TPSA) is 143 Å². The van der Waals surface area contributed by atoms with Gasteiger partial charge in [-0.2, -0.15) is 0 Å². The van der Waals surface area contributed by atoms with E-state index in [0.29, 0.717) is 34.2 Å². The Morgan fingerprint density at radius 3 is 2.72 bits per heavy atom. The molecule has 2 unspecified atom stereocenters. The lowest BCUT2D eigenvalue weighted by molar-refractivity contribution is -0.00177. The van der Waals surface area contributed by atoms with Gasteiger partial charge in [-0.3, -0.25) is 9.78 Å². The van der Waals surface area contributed by atoms with Crippen LogP contribution in [-0.4, -0.2) is 64.5 Å². The van der Waals surface area contributed by atoms with Gasteiger partial charge in [-0.1, -0.05) is 18.5 Å². The second-order valence-electron chi connectivity index (χ2n) is 7.73. The quantitative estimate of drug-likeness (QED) is 0.292. The monoisotopic (exact) mass is 466 g/mol. The number of pyridine rings is 1. The van der Waals surface area contributed by atoms with Crippen LogP contribution in [0.5, 0.6) is 0 Å². The lowest BCUT2D eigenvalue weighted by atomic mass is 10.0. The van der Waals surface area contributed by atoms with E-state index in [0.717, 1.165) is 6.21 Å². The van der Waals surface area contributed by atoms with Crippen LogP contribution in [0.15, 0.2) is 34.3 Å². The lowest BCUT2D eigenvalue weighted by Gasteiger charge is -2.23. The molecule has 1 aliphatic heterocycles. The molecule has 1 aromatic heterocycles. The van der Waals surface area contributed by atoms with E-state index in [2.05, 4.69) is 25.9 Å². The summed E-state index contributed by atoms with van der Waals surface area (Å²) >= 11 is 5.85. The number of rotatable bonds is 10. The lowest BCUT2D eigenvalue weighted by Crippen LogP contribution is -2.42. The van der Waals surface area contributed by atoms with Crippen LogP contribution >= 0.6 is 11.6 Å². The van der Waals surface area contributed by atoms with Crippen molar-refractivity contribution in [2.75, 3.05) is 18.4 Å². The largest absolute Gasteiger partial charge is 0.391 e. The van der Waals surface area contributed by atoms with E-state index in [1.807, 2.05) is 6.92 Å². The third-order valence-corrected chi connectivity index (χ3v) is 4.90. The molecule has 0 fully saturated rings. The number of aliphatic imine (C=N–C) groups is 1. The van der Waals surface area contributed by atoms with E-state index >= 15 is 0 Å². The Kier molecular flexibility index (Phi) is 8.88. The highest BCUT2D eigenvalue weighted by Gasteiger charge is 2.27. The number of allylic oxidation sites excluding steroid dienone is 2. The maximum absolute atomic E-state index is 14.0.